The van der Waals surface area contributed by atoms with Gasteiger partial charge in [-0.2, -0.15) is 10.2 Å². The Labute approximate surface area is 214 Å². The van der Waals surface area contributed by atoms with Gasteiger partial charge in [0.05, 0.1) is 37.3 Å². The summed E-state index contributed by atoms with van der Waals surface area (Å²) in [6, 6.07) is 2.52. The zero-order valence-electron chi connectivity index (χ0n) is 21.9. The fourth-order valence-electron chi connectivity index (χ4n) is 6.25. The first-order valence-corrected chi connectivity index (χ1v) is 14.0. The lowest BCUT2D eigenvalue weighted by atomic mass is 9.73. The summed E-state index contributed by atoms with van der Waals surface area (Å²) in [4.78, 5) is 7.43. The van der Waals surface area contributed by atoms with E-state index in [1.807, 2.05) is 4.68 Å². The van der Waals surface area contributed by atoms with Crippen molar-refractivity contribution in [3.63, 3.8) is 0 Å². The van der Waals surface area contributed by atoms with Crippen molar-refractivity contribution in [2.24, 2.45) is 5.41 Å². The van der Waals surface area contributed by atoms with Crippen LogP contribution in [-0.4, -0.2) is 81.0 Å². The molecule has 0 aromatic carbocycles. The predicted molar refractivity (Wildman–Crippen MR) is 137 cm³/mol. The molecular formula is C27H41N7O2. The van der Waals surface area contributed by atoms with Crippen LogP contribution in [0, 0.1) is 5.41 Å². The zero-order chi connectivity index (χ0) is 24.6. The van der Waals surface area contributed by atoms with Crippen molar-refractivity contribution in [3.05, 3.63) is 23.9 Å². The second-order valence-electron chi connectivity index (χ2n) is 11.8. The molecule has 2 aliphatic carbocycles. The van der Waals surface area contributed by atoms with Crippen LogP contribution in [0.5, 0.6) is 0 Å². The van der Waals surface area contributed by atoms with Gasteiger partial charge in [-0.15, -0.1) is 5.10 Å². The molecule has 4 fully saturated rings. The maximum atomic E-state index is 6.13. The smallest absolute Gasteiger partial charge is 0.151 e. The van der Waals surface area contributed by atoms with Gasteiger partial charge in [0.2, 0.25) is 0 Å². The highest BCUT2D eigenvalue weighted by Gasteiger charge is 2.40. The molecule has 2 aromatic heterocycles. The lowest BCUT2D eigenvalue weighted by molar-refractivity contribution is -0.178. The average Bonchev–Trinajstić information content (AvgIpc) is 3.66. The summed E-state index contributed by atoms with van der Waals surface area (Å²) in [5.74, 6) is 3.35. The van der Waals surface area contributed by atoms with Crippen LogP contribution in [0.15, 0.2) is 12.3 Å². The highest BCUT2D eigenvalue weighted by atomic mass is 16.6. The molecule has 4 heterocycles. The van der Waals surface area contributed by atoms with Crippen LogP contribution < -0.4 is 5.32 Å². The molecule has 2 saturated heterocycles. The van der Waals surface area contributed by atoms with Crippen LogP contribution in [0.2, 0.25) is 0 Å². The third kappa shape index (κ3) is 5.29. The van der Waals surface area contributed by atoms with Crippen molar-refractivity contribution in [1.29, 1.82) is 0 Å². The molecule has 9 heteroatoms. The lowest BCUT2D eigenvalue weighted by Crippen LogP contribution is -2.53. The van der Waals surface area contributed by atoms with Gasteiger partial charge in [0, 0.05) is 44.1 Å². The molecule has 0 amide bonds. The Balaban J connectivity index is 1.03. The van der Waals surface area contributed by atoms with E-state index in [-0.39, 0.29) is 5.60 Å². The Bertz CT molecular complexity index is 1030. The summed E-state index contributed by atoms with van der Waals surface area (Å²) in [6.07, 6.45) is 12.0. The quantitative estimate of drug-likeness (QED) is 0.621. The van der Waals surface area contributed by atoms with Gasteiger partial charge in [-0.1, -0.05) is 13.8 Å². The lowest BCUT2D eigenvalue weighted by Gasteiger charge is -2.47. The first kappa shape index (κ1) is 24.2. The molecule has 0 bridgehead atoms. The molecule has 0 unspecified atom stereocenters. The monoisotopic (exact) mass is 495 g/mol. The molecule has 1 N–H and O–H groups in total. The number of anilines is 1. The van der Waals surface area contributed by atoms with Crippen LogP contribution in [0.25, 0.3) is 5.69 Å². The van der Waals surface area contributed by atoms with E-state index in [1.54, 1.807) is 6.20 Å². The second-order valence-corrected chi connectivity index (χ2v) is 11.8. The summed E-state index contributed by atoms with van der Waals surface area (Å²) in [7, 11) is 0. The topological polar surface area (TPSA) is 90.2 Å². The van der Waals surface area contributed by atoms with E-state index in [0.717, 1.165) is 88.2 Å². The first-order valence-electron chi connectivity index (χ1n) is 14.0. The second kappa shape index (κ2) is 9.99. The Morgan fingerprint density at radius 3 is 2.58 bits per heavy atom. The highest BCUT2D eigenvalue weighted by molar-refractivity contribution is 5.44. The molecule has 2 saturated carbocycles. The van der Waals surface area contributed by atoms with E-state index in [4.69, 9.17) is 19.6 Å². The number of hydrogen-bond donors (Lipinski definition) is 1. The molecule has 2 aliphatic heterocycles. The van der Waals surface area contributed by atoms with Gasteiger partial charge in [-0.05, 0) is 56.8 Å². The number of nitrogens with one attached hydrogen (secondary N) is 1. The van der Waals surface area contributed by atoms with Crippen LogP contribution in [-0.2, 0) is 15.9 Å². The van der Waals surface area contributed by atoms with Crippen molar-refractivity contribution in [1.82, 2.24) is 29.9 Å². The molecule has 1 spiro atoms. The zero-order valence-corrected chi connectivity index (χ0v) is 21.9. The van der Waals surface area contributed by atoms with Gasteiger partial charge >= 0.3 is 0 Å². The fraction of sp³-hybridized carbons (Fsp3) is 0.778. The largest absolute Gasteiger partial charge is 0.376 e. The van der Waals surface area contributed by atoms with E-state index in [0.29, 0.717) is 17.4 Å². The maximum absolute atomic E-state index is 6.13. The molecule has 0 atom stereocenters. The Morgan fingerprint density at radius 2 is 1.89 bits per heavy atom. The third-order valence-corrected chi connectivity index (χ3v) is 8.74. The SMILES string of the molecule is CCc1nc(C2CC2)n(-c2cnnc(NC3CCC(C)(CN4CCC5(CC4)COCCO5)CC3)c2)n1. The average molecular weight is 496 g/mol. The molecule has 2 aromatic rings. The number of ether oxygens (including phenoxy) is 2. The molecule has 36 heavy (non-hydrogen) atoms. The Hall–Kier alpha value is -2.10. The van der Waals surface area contributed by atoms with E-state index in [2.05, 4.69) is 40.3 Å². The predicted octanol–water partition coefficient (Wildman–Crippen LogP) is 3.74. The number of nitrogens with zero attached hydrogens (tertiary/aromatic N) is 6. The van der Waals surface area contributed by atoms with E-state index in [1.165, 1.54) is 32.2 Å². The van der Waals surface area contributed by atoms with Crippen molar-refractivity contribution in [3.8, 4) is 5.69 Å². The van der Waals surface area contributed by atoms with Crippen LogP contribution in [0.4, 0.5) is 5.82 Å². The number of piperidine rings is 1. The number of hydrogen-bond acceptors (Lipinski definition) is 8. The van der Waals surface area contributed by atoms with Crippen LogP contribution >= 0.6 is 0 Å². The van der Waals surface area contributed by atoms with Gasteiger partial charge in [-0.3, -0.25) is 0 Å². The van der Waals surface area contributed by atoms with Crippen molar-refractivity contribution >= 4 is 5.82 Å². The number of aryl methyl sites for hydroxylation is 1. The molecule has 196 valence electrons. The summed E-state index contributed by atoms with van der Waals surface area (Å²) in [5, 5.41) is 17.1. The minimum absolute atomic E-state index is 0.0173. The van der Waals surface area contributed by atoms with Crippen molar-refractivity contribution in [2.75, 3.05) is 44.8 Å². The summed E-state index contributed by atoms with van der Waals surface area (Å²) in [5.41, 5.74) is 1.31. The van der Waals surface area contributed by atoms with Gasteiger partial charge in [0.25, 0.3) is 0 Å². The molecule has 9 nitrogen and oxygen atoms in total. The Morgan fingerprint density at radius 1 is 1.08 bits per heavy atom. The Kier molecular flexibility index (Phi) is 6.73. The standard InChI is InChI=1S/C27H41N7O2/c1-3-23-30-25(20-4-5-20)34(32-23)22-16-24(31-28-17-22)29-21-6-8-26(2,9-7-21)18-33-12-10-27(11-13-33)19-35-14-15-36-27/h16-17,20-21H,3-15,18-19H2,1-2H3,(H,29,31). The fourth-order valence-corrected chi connectivity index (χ4v) is 6.25. The highest BCUT2D eigenvalue weighted by Crippen LogP contribution is 2.41. The number of likely N-dealkylation sites (tertiary alicyclic amines) is 1. The van der Waals surface area contributed by atoms with Gasteiger partial charge in [0.1, 0.15) is 5.82 Å². The van der Waals surface area contributed by atoms with Crippen LogP contribution in [0.3, 0.4) is 0 Å². The van der Waals surface area contributed by atoms with Gasteiger partial charge in [-0.25, -0.2) is 9.67 Å². The molecular weight excluding hydrogens is 454 g/mol. The number of aromatic nitrogens is 5. The van der Waals surface area contributed by atoms with Crippen molar-refractivity contribution in [2.45, 2.75) is 89.2 Å². The molecule has 6 rings (SSSR count). The van der Waals surface area contributed by atoms with Crippen LogP contribution in [0.1, 0.15) is 82.8 Å². The third-order valence-electron chi connectivity index (χ3n) is 8.74. The molecule has 0 radical (unpaired) electrons. The summed E-state index contributed by atoms with van der Waals surface area (Å²) in [6.45, 7) is 10.3. The normalized spacial score (nSPS) is 28.9. The number of rotatable bonds is 7. The van der Waals surface area contributed by atoms with Gasteiger partial charge < -0.3 is 19.7 Å². The molecule has 4 aliphatic rings. The van der Waals surface area contributed by atoms with Gasteiger partial charge in [0.15, 0.2) is 11.6 Å². The van der Waals surface area contributed by atoms with Crippen molar-refractivity contribution < 1.29 is 9.47 Å². The summed E-state index contributed by atoms with van der Waals surface area (Å²) >= 11 is 0. The minimum atomic E-state index is -0.0173. The van der Waals surface area contributed by atoms with E-state index < -0.39 is 0 Å². The van der Waals surface area contributed by atoms with E-state index in [9.17, 15) is 0 Å². The maximum Gasteiger partial charge on any atom is 0.151 e. The minimum Gasteiger partial charge on any atom is -0.376 e. The first-order chi connectivity index (χ1) is 17.5. The van der Waals surface area contributed by atoms with E-state index >= 15 is 0 Å². The summed E-state index contributed by atoms with van der Waals surface area (Å²) < 4.78 is 13.8.